The Bertz CT molecular complexity index is 217. The molecule has 3 atom stereocenters. The van der Waals surface area contributed by atoms with Crippen molar-refractivity contribution in [2.24, 2.45) is 5.92 Å². The Hall–Kier alpha value is -0.0800. The molecule has 0 spiro atoms. The maximum Gasteiger partial charge on any atom is 0.155 e. The second-order valence-corrected chi connectivity index (χ2v) is 6.07. The van der Waals surface area contributed by atoms with E-state index in [-0.39, 0.29) is 6.29 Å². The summed E-state index contributed by atoms with van der Waals surface area (Å²) in [4.78, 5) is 0. The molecule has 2 aliphatic rings. The van der Waals surface area contributed by atoms with E-state index in [1.807, 2.05) is 0 Å². The van der Waals surface area contributed by atoms with Crippen LogP contribution in [0.4, 0.5) is 0 Å². The van der Waals surface area contributed by atoms with Gasteiger partial charge in [0, 0.05) is 0 Å². The molecule has 0 N–H and O–H groups in total. The largest absolute Gasteiger partial charge is 0.353 e. The molecule has 1 aliphatic carbocycles. The predicted molar refractivity (Wildman–Crippen MR) is 74.6 cm³/mol. The lowest BCUT2D eigenvalue weighted by atomic mass is 9.88. The number of hydrogen-bond donors (Lipinski definition) is 0. The first kappa shape index (κ1) is 14.3. The number of fused-ring (bicyclic) bond motifs is 1. The molecule has 1 saturated carbocycles. The smallest absolute Gasteiger partial charge is 0.155 e. The fourth-order valence-electron chi connectivity index (χ4n) is 3.41. The average Bonchev–Trinajstić information content (AvgIpc) is 2.51. The van der Waals surface area contributed by atoms with E-state index in [9.17, 15) is 0 Å². The van der Waals surface area contributed by atoms with E-state index in [0.29, 0.717) is 6.10 Å². The zero-order valence-electron chi connectivity index (χ0n) is 12.0. The topological polar surface area (TPSA) is 18.5 Å². The molecule has 1 aliphatic heterocycles. The fourth-order valence-corrected chi connectivity index (χ4v) is 3.41. The Kier molecular flexibility index (Phi) is 6.50. The summed E-state index contributed by atoms with van der Waals surface area (Å²) in [6.45, 7) is 2.95. The highest BCUT2D eigenvalue weighted by atomic mass is 16.7. The van der Waals surface area contributed by atoms with E-state index in [1.165, 1.54) is 70.6 Å². The van der Waals surface area contributed by atoms with Crippen LogP contribution in [0.1, 0.15) is 77.6 Å². The summed E-state index contributed by atoms with van der Waals surface area (Å²) in [6, 6.07) is 0. The number of hydrogen-bond acceptors (Lipinski definition) is 2. The van der Waals surface area contributed by atoms with Gasteiger partial charge in [-0.2, -0.15) is 0 Å². The molecule has 1 saturated heterocycles. The molecule has 3 unspecified atom stereocenters. The predicted octanol–water partition coefficient (Wildman–Crippen LogP) is 4.67. The van der Waals surface area contributed by atoms with E-state index in [2.05, 4.69) is 6.92 Å². The van der Waals surface area contributed by atoms with Gasteiger partial charge in [-0.1, -0.05) is 51.4 Å². The zero-order chi connectivity index (χ0) is 12.6. The van der Waals surface area contributed by atoms with Crippen molar-refractivity contribution in [1.82, 2.24) is 0 Å². The van der Waals surface area contributed by atoms with Crippen LogP contribution in [0.25, 0.3) is 0 Å². The maximum absolute atomic E-state index is 6.10. The van der Waals surface area contributed by atoms with Crippen LogP contribution in [0.15, 0.2) is 0 Å². The number of ether oxygens (including phenoxy) is 2. The van der Waals surface area contributed by atoms with Crippen LogP contribution in [-0.4, -0.2) is 19.0 Å². The summed E-state index contributed by atoms with van der Waals surface area (Å²) < 4.78 is 11.8. The molecular weight excluding hydrogens is 224 g/mol. The normalized spacial score (nSPS) is 36.8. The molecule has 2 rings (SSSR count). The summed E-state index contributed by atoms with van der Waals surface area (Å²) in [5.74, 6) is 0.745. The van der Waals surface area contributed by atoms with E-state index in [1.54, 1.807) is 0 Å². The van der Waals surface area contributed by atoms with Crippen molar-refractivity contribution in [1.29, 1.82) is 0 Å². The fraction of sp³-hybridized carbons (Fsp3) is 1.00. The van der Waals surface area contributed by atoms with E-state index in [0.717, 1.165) is 12.5 Å². The highest BCUT2D eigenvalue weighted by molar-refractivity contribution is 4.74. The van der Waals surface area contributed by atoms with Crippen molar-refractivity contribution in [2.75, 3.05) is 6.61 Å². The van der Waals surface area contributed by atoms with Crippen LogP contribution in [0.3, 0.4) is 0 Å². The van der Waals surface area contributed by atoms with Crippen molar-refractivity contribution in [3.63, 3.8) is 0 Å². The van der Waals surface area contributed by atoms with Crippen LogP contribution in [0, 0.1) is 5.92 Å². The van der Waals surface area contributed by atoms with Crippen molar-refractivity contribution in [3.8, 4) is 0 Å². The molecule has 0 bridgehead atoms. The van der Waals surface area contributed by atoms with Crippen molar-refractivity contribution in [3.05, 3.63) is 0 Å². The molecule has 2 fully saturated rings. The summed E-state index contributed by atoms with van der Waals surface area (Å²) in [5, 5.41) is 0. The maximum atomic E-state index is 6.10. The Morgan fingerprint density at radius 3 is 2.06 bits per heavy atom. The Labute approximate surface area is 112 Å². The van der Waals surface area contributed by atoms with Gasteiger partial charge in [-0.25, -0.2) is 0 Å². The first-order valence-corrected chi connectivity index (χ1v) is 8.13. The van der Waals surface area contributed by atoms with Crippen molar-refractivity contribution in [2.45, 2.75) is 89.9 Å². The van der Waals surface area contributed by atoms with Crippen LogP contribution >= 0.6 is 0 Å². The van der Waals surface area contributed by atoms with Gasteiger partial charge in [0.15, 0.2) is 6.29 Å². The molecule has 2 nitrogen and oxygen atoms in total. The van der Waals surface area contributed by atoms with Crippen molar-refractivity contribution >= 4 is 0 Å². The molecule has 1 heterocycles. The van der Waals surface area contributed by atoms with Crippen molar-refractivity contribution < 1.29 is 9.47 Å². The van der Waals surface area contributed by atoms with Gasteiger partial charge in [-0.15, -0.1) is 0 Å². The lowest BCUT2D eigenvalue weighted by Gasteiger charge is -2.26. The van der Waals surface area contributed by atoms with Gasteiger partial charge in [-0.05, 0) is 32.1 Å². The third kappa shape index (κ3) is 4.89. The second-order valence-electron chi connectivity index (χ2n) is 6.07. The molecule has 0 aromatic carbocycles. The quantitative estimate of drug-likeness (QED) is 0.625. The van der Waals surface area contributed by atoms with Gasteiger partial charge in [0.25, 0.3) is 0 Å². The van der Waals surface area contributed by atoms with E-state index in [4.69, 9.17) is 9.47 Å². The van der Waals surface area contributed by atoms with Crippen LogP contribution in [0.2, 0.25) is 0 Å². The molecule has 0 amide bonds. The molecule has 2 heteroatoms. The van der Waals surface area contributed by atoms with Gasteiger partial charge in [0.1, 0.15) is 0 Å². The highest BCUT2D eigenvalue weighted by Gasteiger charge is 2.27. The van der Waals surface area contributed by atoms with Gasteiger partial charge < -0.3 is 9.47 Å². The molecule has 0 aromatic rings. The minimum absolute atomic E-state index is 0.00732. The third-order valence-corrected chi connectivity index (χ3v) is 4.55. The van der Waals surface area contributed by atoms with Gasteiger partial charge >= 0.3 is 0 Å². The SMILES string of the molecule is CC1OCCC2CCCCCCCCCCC2O1. The Balaban J connectivity index is 1.88. The summed E-state index contributed by atoms with van der Waals surface area (Å²) in [7, 11) is 0. The first-order chi connectivity index (χ1) is 8.86. The summed E-state index contributed by atoms with van der Waals surface area (Å²) in [5.41, 5.74) is 0. The van der Waals surface area contributed by atoms with Crippen LogP contribution < -0.4 is 0 Å². The zero-order valence-corrected chi connectivity index (χ0v) is 12.0. The Morgan fingerprint density at radius 2 is 1.33 bits per heavy atom. The minimum Gasteiger partial charge on any atom is -0.353 e. The number of rotatable bonds is 0. The monoisotopic (exact) mass is 254 g/mol. The Morgan fingerprint density at radius 1 is 0.722 bits per heavy atom. The summed E-state index contributed by atoms with van der Waals surface area (Å²) >= 11 is 0. The first-order valence-electron chi connectivity index (χ1n) is 8.13. The molecule has 106 valence electrons. The lowest BCUT2D eigenvalue weighted by Crippen LogP contribution is -2.26. The third-order valence-electron chi connectivity index (χ3n) is 4.55. The molecule has 18 heavy (non-hydrogen) atoms. The standard InChI is InChI=1S/C16H30O2/c1-14-17-13-12-15-10-8-6-4-2-3-5-7-9-11-16(15)18-14/h14-16H,2-13H2,1H3. The highest BCUT2D eigenvalue weighted by Crippen LogP contribution is 2.29. The van der Waals surface area contributed by atoms with Gasteiger partial charge in [0.2, 0.25) is 0 Å². The average molecular weight is 254 g/mol. The van der Waals surface area contributed by atoms with Crippen LogP contribution in [0.5, 0.6) is 0 Å². The minimum atomic E-state index is 0.00732. The molecule has 0 radical (unpaired) electrons. The summed E-state index contributed by atoms with van der Waals surface area (Å²) in [6.07, 6.45) is 15.5. The van der Waals surface area contributed by atoms with Crippen LogP contribution in [-0.2, 0) is 9.47 Å². The van der Waals surface area contributed by atoms with Gasteiger partial charge in [0.05, 0.1) is 12.7 Å². The van der Waals surface area contributed by atoms with E-state index >= 15 is 0 Å². The lowest BCUT2D eigenvalue weighted by molar-refractivity contribution is -0.149. The molecule has 0 aromatic heterocycles. The second kappa shape index (κ2) is 8.16. The van der Waals surface area contributed by atoms with Gasteiger partial charge in [-0.3, -0.25) is 0 Å². The molecular formula is C16H30O2. The van der Waals surface area contributed by atoms with E-state index < -0.39 is 0 Å².